The van der Waals surface area contributed by atoms with Crippen LogP contribution >= 0.6 is 0 Å². The molecule has 0 amide bonds. The third-order valence-electron chi connectivity index (χ3n) is 3.35. The fraction of sp³-hybridized carbons (Fsp3) is 0.545. The lowest BCUT2D eigenvalue weighted by Gasteiger charge is -2.15. The highest BCUT2D eigenvalue weighted by atomic mass is 19.1. The number of nitrogen functional groups attached to an aromatic ring is 1. The summed E-state index contributed by atoms with van der Waals surface area (Å²) < 4.78 is 25.8. The van der Waals surface area contributed by atoms with E-state index in [0.717, 1.165) is 0 Å². The van der Waals surface area contributed by atoms with E-state index in [9.17, 15) is 9.50 Å². The molecule has 2 unspecified atom stereocenters. The summed E-state index contributed by atoms with van der Waals surface area (Å²) in [6, 6.07) is 0. The minimum atomic E-state index is -1.73. The number of nitrogens with two attached hydrogens (primary N) is 1. The normalized spacial score (nSPS) is 29.1. The van der Waals surface area contributed by atoms with Gasteiger partial charge in [0.05, 0.1) is 20.0 Å². The lowest BCUT2D eigenvalue weighted by Crippen LogP contribution is -2.30. The molecule has 4 N–H and O–H groups in total. The average Bonchev–Trinajstić information content (AvgIpc) is 3.01. The van der Waals surface area contributed by atoms with Crippen LogP contribution in [-0.4, -0.2) is 61.8 Å². The molecule has 0 aliphatic carbocycles. The highest BCUT2D eigenvalue weighted by Gasteiger charge is 2.45. The van der Waals surface area contributed by atoms with Gasteiger partial charge >= 0.3 is 0 Å². The number of ether oxygens (including phenoxy) is 2. The van der Waals surface area contributed by atoms with E-state index in [-0.39, 0.29) is 17.5 Å². The molecule has 1 saturated heterocycles. The lowest BCUT2D eigenvalue weighted by atomic mass is 10.1. The number of aliphatic hydroxyl groups is 2. The quantitative estimate of drug-likeness (QED) is 0.658. The zero-order chi connectivity index (χ0) is 15.1. The van der Waals surface area contributed by atoms with Gasteiger partial charge in [-0.3, -0.25) is 4.57 Å². The number of anilines is 1. The van der Waals surface area contributed by atoms with Crippen molar-refractivity contribution in [2.75, 3.05) is 19.5 Å². The van der Waals surface area contributed by atoms with E-state index in [1.165, 1.54) is 18.0 Å². The number of rotatable bonds is 3. The van der Waals surface area contributed by atoms with Gasteiger partial charge in [0.25, 0.3) is 0 Å². The van der Waals surface area contributed by atoms with E-state index in [4.69, 9.17) is 20.3 Å². The van der Waals surface area contributed by atoms with Crippen molar-refractivity contribution in [2.45, 2.75) is 24.6 Å². The summed E-state index contributed by atoms with van der Waals surface area (Å²) in [6.07, 6.45) is -4.05. The molecule has 1 aliphatic rings. The number of alkyl halides is 1. The van der Waals surface area contributed by atoms with Gasteiger partial charge in [0.15, 0.2) is 23.6 Å². The number of aromatic nitrogens is 4. The van der Waals surface area contributed by atoms with Crippen LogP contribution in [0.1, 0.15) is 6.23 Å². The first kappa shape index (κ1) is 13.9. The van der Waals surface area contributed by atoms with E-state index in [1.807, 2.05) is 0 Å². The fourth-order valence-electron chi connectivity index (χ4n) is 2.31. The van der Waals surface area contributed by atoms with Crippen molar-refractivity contribution in [3.05, 3.63) is 6.33 Å². The molecule has 1 aliphatic heterocycles. The van der Waals surface area contributed by atoms with Gasteiger partial charge in [-0.25, -0.2) is 9.37 Å². The van der Waals surface area contributed by atoms with Crippen molar-refractivity contribution < 1.29 is 24.1 Å². The summed E-state index contributed by atoms with van der Waals surface area (Å²) in [4.78, 5) is 11.9. The smallest absolute Gasteiger partial charge is 0.246 e. The molecule has 0 bridgehead atoms. The first-order chi connectivity index (χ1) is 10.1. The Bertz CT molecular complexity index is 665. The molecule has 21 heavy (non-hydrogen) atoms. The maximum absolute atomic E-state index is 14.2. The highest BCUT2D eigenvalue weighted by molar-refractivity contribution is 5.77. The Morgan fingerprint density at radius 3 is 2.90 bits per heavy atom. The Labute approximate surface area is 118 Å². The Kier molecular flexibility index (Phi) is 3.35. The summed E-state index contributed by atoms with van der Waals surface area (Å²) >= 11 is 0. The minimum absolute atomic E-state index is 0.0613. The second kappa shape index (κ2) is 5.06. The van der Waals surface area contributed by atoms with E-state index in [2.05, 4.69) is 15.0 Å². The SMILES string of the molecule is COc1nc(N)nc2c1ncn2[C@@H]1O[C@H](CO)C(O)C1F. The van der Waals surface area contributed by atoms with Crippen molar-refractivity contribution in [2.24, 2.45) is 0 Å². The van der Waals surface area contributed by atoms with Crippen molar-refractivity contribution >= 4 is 17.1 Å². The van der Waals surface area contributed by atoms with Gasteiger partial charge in [-0.1, -0.05) is 0 Å². The van der Waals surface area contributed by atoms with Gasteiger partial charge < -0.3 is 25.4 Å². The fourth-order valence-corrected chi connectivity index (χ4v) is 2.31. The van der Waals surface area contributed by atoms with Crippen LogP contribution in [0.15, 0.2) is 6.33 Å². The zero-order valence-electron chi connectivity index (χ0n) is 11.0. The second-order valence-corrected chi connectivity index (χ2v) is 4.60. The Morgan fingerprint density at radius 2 is 2.29 bits per heavy atom. The molecule has 114 valence electrons. The number of hydrogen-bond donors (Lipinski definition) is 3. The maximum atomic E-state index is 14.2. The van der Waals surface area contributed by atoms with Gasteiger partial charge in [0, 0.05) is 0 Å². The van der Waals surface area contributed by atoms with Gasteiger partial charge in [-0.05, 0) is 0 Å². The summed E-state index contributed by atoms with van der Waals surface area (Å²) in [5.74, 6) is 0.0951. The number of nitrogens with zero attached hydrogens (tertiary/aromatic N) is 4. The molecule has 9 nitrogen and oxygen atoms in total. The topological polar surface area (TPSA) is 129 Å². The molecule has 4 atom stereocenters. The van der Waals surface area contributed by atoms with Crippen molar-refractivity contribution in [3.8, 4) is 5.88 Å². The first-order valence-corrected chi connectivity index (χ1v) is 6.19. The van der Waals surface area contributed by atoms with Crippen LogP contribution in [0.3, 0.4) is 0 Å². The molecule has 2 aromatic heterocycles. The second-order valence-electron chi connectivity index (χ2n) is 4.60. The van der Waals surface area contributed by atoms with Gasteiger partial charge in [-0.2, -0.15) is 9.97 Å². The Morgan fingerprint density at radius 1 is 1.52 bits per heavy atom. The number of fused-ring (bicyclic) bond motifs is 1. The molecule has 3 heterocycles. The van der Waals surface area contributed by atoms with Crippen LogP contribution in [0.25, 0.3) is 11.2 Å². The zero-order valence-corrected chi connectivity index (χ0v) is 11.0. The summed E-state index contributed by atoms with van der Waals surface area (Å²) in [6.45, 7) is -0.495. The molecule has 2 aromatic rings. The number of imidazole rings is 1. The lowest BCUT2D eigenvalue weighted by molar-refractivity contribution is -0.0459. The summed E-state index contributed by atoms with van der Waals surface area (Å²) in [7, 11) is 1.40. The molecule has 0 saturated carbocycles. The molecular weight excluding hydrogens is 285 g/mol. The highest BCUT2D eigenvalue weighted by Crippen LogP contribution is 2.34. The van der Waals surface area contributed by atoms with E-state index < -0.39 is 31.2 Å². The Balaban J connectivity index is 2.07. The molecule has 0 radical (unpaired) electrons. The molecule has 3 rings (SSSR count). The van der Waals surface area contributed by atoms with E-state index in [0.29, 0.717) is 5.52 Å². The van der Waals surface area contributed by atoms with Gasteiger partial charge in [-0.15, -0.1) is 0 Å². The van der Waals surface area contributed by atoms with Crippen LogP contribution in [0.2, 0.25) is 0 Å². The largest absolute Gasteiger partial charge is 0.479 e. The molecule has 1 fully saturated rings. The molecule has 10 heteroatoms. The van der Waals surface area contributed by atoms with Crippen LogP contribution in [0, 0.1) is 0 Å². The number of methoxy groups -OCH3 is 1. The third kappa shape index (κ3) is 2.07. The van der Waals surface area contributed by atoms with Crippen LogP contribution in [0.4, 0.5) is 10.3 Å². The number of hydrogen-bond acceptors (Lipinski definition) is 8. The van der Waals surface area contributed by atoms with Crippen LogP contribution in [0.5, 0.6) is 5.88 Å². The van der Waals surface area contributed by atoms with Crippen molar-refractivity contribution in [3.63, 3.8) is 0 Å². The van der Waals surface area contributed by atoms with Crippen LogP contribution < -0.4 is 10.5 Å². The van der Waals surface area contributed by atoms with Gasteiger partial charge in [0.1, 0.15) is 12.2 Å². The summed E-state index contributed by atoms with van der Waals surface area (Å²) in [5, 5.41) is 18.7. The molecule has 0 spiro atoms. The predicted molar refractivity (Wildman–Crippen MR) is 68.2 cm³/mol. The van der Waals surface area contributed by atoms with E-state index in [1.54, 1.807) is 0 Å². The Hall–Kier alpha value is -2.04. The molecular formula is C11H14FN5O4. The van der Waals surface area contributed by atoms with Crippen LogP contribution in [-0.2, 0) is 4.74 Å². The van der Waals surface area contributed by atoms with Gasteiger partial charge in [0.2, 0.25) is 11.8 Å². The van der Waals surface area contributed by atoms with Crippen molar-refractivity contribution in [1.29, 1.82) is 0 Å². The standard InChI is InChI=1S/C11H14FN5O4/c1-20-9-6-8(15-11(13)16-9)17(3-14-6)10-5(12)7(19)4(2-18)21-10/h3-5,7,10,18-19H,2H2,1H3,(H2,13,15,16)/t4-,5?,7?,10-/m1/s1. The number of halogens is 1. The summed E-state index contributed by atoms with van der Waals surface area (Å²) in [5.41, 5.74) is 6.09. The predicted octanol–water partition coefficient (Wildman–Crippen LogP) is -0.994. The minimum Gasteiger partial charge on any atom is -0.479 e. The monoisotopic (exact) mass is 299 g/mol. The van der Waals surface area contributed by atoms with Crippen molar-refractivity contribution in [1.82, 2.24) is 19.5 Å². The average molecular weight is 299 g/mol. The molecule has 0 aromatic carbocycles. The number of aliphatic hydroxyl groups excluding tert-OH is 2. The third-order valence-corrected chi connectivity index (χ3v) is 3.35. The maximum Gasteiger partial charge on any atom is 0.246 e. The van der Waals surface area contributed by atoms with E-state index >= 15 is 0 Å². The first-order valence-electron chi connectivity index (χ1n) is 6.19.